The van der Waals surface area contributed by atoms with E-state index in [9.17, 15) is 4.79 Å². The Balaban J connectivity index is 2.04. The van der Waals surface area contributed by atoms with Gasteiger partial charge in [-0.3, -0.25) is 0 Å². The van der Waals surface area contributed by atoms with Crippen molar-refractivity contribution in [3.63, 3.8) is 0 Å². The fourth-order valence-corrected chi connectivity index (χ4v) is 2.45. The van der Waals surface area contributed by atoms with Gasteiger partial charge in [-0.25, -0.2) is 9.78 Å². The maximum Gasteiger partial charge on any atom is 0.341 e. The summed E-state index contributed by atoms with van der Waals surface area (Å²) in [7, 11) is 0. The molecule has 0 radical (unpaired) electrons. The second-order valence-corrected chi connectivity index (χ2v) is 4.93. The molecule has 1 saturated carbocycles. The van der Waals surface area contributed by atoms with E-state index < -0.39 is 5.97 Å². The first kappa shape index (κ1) is 12.9. The van der Waals surface area contributed by atoms with E-state index >= 15 is 0 Å². The van der Waals surface area contributed by atoms with Crippen molar-refractivity contribution in [2.45, 2.75) is 39.0 Å². The van der Waals surface area contributed by atoms with E-state index in [0.29, 0.717) is 18.1 Å². The van der Waals surface area contributed by atoms with Crippen LogP contribution in [0.3, 0.4) is 0 Å². The maximum atomic E-state index is 11.2. The number of hydrogen-bond donors (Lipinski definition) is 1. The summed E-state index contributed by atoms with van der Waals surface area (Å²) >= 11 is 0. The van der Waals surface area contributed by atoms with Crippen LogP contribution in [0, 0.1) is 12.8 Å². The smallest absolute Gasteiger partial charge is 0.341 e. The van der Waals surface area contributed by atoms with Gasteiger partial charge in [-0.05, 0) is 37.3 Å². The third-order valence-electron chi connectivity index (χ3n) is 3.52. The third kappa shape index (κ3) is 3.00. The van der Waals surface area contributed by atoms with Crippen molar-refractivity contribution in [2.24, 2.45) is 5.92 Å². The topological polar surface area (TPSA) is 59.4 Å². The van der Waals surface area contributed by atoms with Gasteiger partial charge >= 0.3 is 5.97 Å². The van der Waals surface area contributed by atoms with Gasteiger partial charge < -0.3 is 9.84 Å². The normalized spacial score (nSPS) is 16.5. The largest absolute Gasteiger partial charge is 0.477 e. The van der Waals surface area contributed by atoms with Crippen molar-refractivity contribution < 1.29 is 14.6 Å². The molecule has 2 rings (SSSR count). The molecule has 98 valence electrons. The van der Waals surface area contributed by atoms with Crippen molar-refractivity contribution in [3.05, 3.63) is 23.4 Å². The van der Waals surface area contributed by atoms with Crippen LogP contribution in [-0.4, -0.2) is 22.7 Å². The number of carboxylic acid groups (broad SMARTS) is 1. The molecule has 0 aliphatic heterocycles. The summed E-state index contributed by atoms with van der Waals surface area (Å²) < 4.78 is 5.63. The predicted octanol–water partition coefficient (Wildman–Crippen LogP) is 3.05. The molecule has 4 heteroatoms. The van der Waals surface area contributed by atoms with Gasteiger partial charge in [-0.2, -0.15) is 0 Å². The molecule has 0 aromatic carbocycles. The van der Waals surface area contributed by atoms with Crippen molar-refractivity contribution in [1.82, 2.24) is 4.98 Å². The van der Waals surface area contributed by atoms with Crippen LogP contribution in [-0.2, 0) is 0 Å². The molecule has 1 aliphatic rings. The lowest BCUT2D eigenvalue weighted by atomic mass is 9.90. The standard InChI is InChI=1S/C14H19NO3/c1-10-7-8-15-13(12(10)14(16)17)18-9-11-5-3-2-4-6-11/h7-8,11H,2-6,9H2,1H3,(H,16,17). The minimum atomic E-state index is -0.973. The molecular weight excluding hydrogens is 230 g/mol. The molecule has 1 aromatic heterocycles. The molecule has 0 amide bonds. The molecule has 0 saturated heterocycles. The van der Waals surface area contributed by atoms with E-state index in [1.807, 2.05) is 0 Å². The Bertz CT molecular complexity index is 425. The number of aromatic carboxylic acids is 1. The average Bonchev–Trinajstić information content (AvgIpc) is 2.37. The summed E-state index contributed by atoms with van der Waals surface area (Å²) in [5, 5.41) is 9.16. The fraction of sp³-hybridized carbons (Fsp3) is 0.571. The number of carboxylic acids is 1. The summed E-state index contributed by atoms with van der Waals surface area (Å²) in [6.07, 6.45) is 7.75. The number of pyridine rings is 1. The van der Waals surface area contributed by atoms with Crippen LogP contribution in [0.5, 0.6) is 5.88 Å². The quantitative estimate of drug-likeness (QED) is 0.891. The Morgan fingerprint density at radius 3 is 2.83 bits per heavy atom. The monoisotopic (exact) mass is 249 g/mol. The van der Waals surface area contributed by atoms with E-state index in [1.54, 1.807) is 19.2 Å². The molecule has 4 nitrogen and oxygen atoms in total. The van der Waals surface area contributed by atoms with Gasteiger partial charge in [0.05, 0.1) is 6.61 Å². The van der Waals surface area contributed by atoms with Crippen LogP contribution in [0.2, 0.25) is 0 Å². The average molecular weight is 249 g/mol. The predicted molar refractivity (Wildman–Crippen MR) is 68.0 cm³/mol. The minimum absolute atomic E-state index is 0.188. The van der Waals surface area contributed by atoms with E-state index in [4.69, 9.17) is 9.84 Å². The van der Waals surface area contributed by atoms with E-state index in [0.717, 1.165) is 0 Å². The fourth-order valence-electron chi connectivity index (χ4n) is 2.45. The summed E-state index contributed by atoms with van der Waals surface area (Å²) in [5.41, 5.74) is 0.879. The molecule has 0 atom stereocenters. The zero-order valence-corrected chi connectivity index (χ0v) is 10.7. The Kier molecular flexibility index (Phi) is 4.18. The summed E-state index contributed by atoms with van der Waals surface area (Å²) in [4.78, 5) is 15.2. The molecular formula is C14H19NO3. The molecule has 1 aliphatic carbocycles. The van der Waals surface area contributed by atoms with Crippen LogP contribution < -0.4 is 4.74 Å². The second kappa shape index (κ2) is 5.85. The molecule has 1 heterocycles. The lowest BCUT2D eigenvalue weighted by Crippen LogP contribution is -2.17. The van der Waals surface area contributed by atoms with Crippen LogP contribution >= 0.6 is 0 Å². The zero-order chi connectivity index (χ0) is 13.0. The number of aromatic nitrogens is 1. The highest BCUT2D eigenvalue weighted by Gasteiger charge is 2.18. The SMILES string of the molecule is Cc1ccnc(OCC2CCCCC2)c1C(=O)O. The molecule has 1 aromatic rings. The number of nitrogens with zero attached hydrogens (tertiary/aromatic N) is 1. The summed E-state index contributed by atoms with van der Waals surface area (Å²) in [6.45, 7) is 2.34. The lowest BCUT2D eigenvalue weighted by Gasteiger charge is -2.21. The third-order valence-corrected chi connectivity index (χ3v) is 3.52. The number of rotatable bonds is 4. The number of hydrogen-bond acceptors (Lipinski definition) is 3. The summed E-state index contributed by atoms with van der Waals surface area (Å²) in [5.74, 6) is -0.171. The minimum Gasteiger partial charge on any atom is -0.477 e. The van der Waals surface area contributed by atoms with Gasteiger partial charge in [-0.15, -0.1) is 0 Å². The van der Waals surface area contributed by atoms with Gasteiger partial charge in [0.15, 0.2) is 0 Å². The van der Waals surface area contributed by atoms with E-state index in [2.05, 4.69) is 4.98 Å². The number of carbonyl (C=O) groups is 1. The molecule has 1 N–H and O–H groups in total. The van der Waals surface area contributed by atoms with Crippen LogP contribution in [0.1, 0.15) is 48.0 Å². The number of ether oxygens (including phenoxy) is 1. The van der Waals surface area contributed by atoms with Gasteiger partial charge in [0.1, 0.15) is 5.56 Å². The van der Waals surface area contributed by atoms with Crippen molar-refractivity contribution in [2.75, 3.05) is 6.61 Å². The van der Waals surface area contributed by atoms with Crippen molar-refractivity contribution >= 4 is 5.97 Å². The van der Waals surface area contributed by atoms with Gasteiger partial charge in [0.2, 0.25) is 5.88 Å². The first-order chi connectivity index (χ1) is 8.68. The summed E-state index contributed by atoms with van der Waals surface area (Å²) in [6, 6.07) is 1.69. The van der Waals surface area contributed by atoms with Crippen molar-refractivity contribution in [3.8, 4) is 5.88 Å². The van der Waals surface area contributed by atoms with Crippen LogP contribution in [0.25, 0.3) is 0 Å². The van der Waals surface area contributed by atoms with Gasteiger partial charge in [0, 0.05) is 6.20 Å². The van der Waals surface area contributed by atoms with Crippen molar-refractivity contribution in [1.29, 1.82) is 0 Å². The van der Waals surface area contributed by atoms with E-state index in [1.165, 1.54) is 32.1 Å². The molecule has 1 fully saturated rings. The first-order valence-corrected chi connectivity index (χ1v) is 6.50. The molecule has 0 spiro atoms. The van der Waals surface area contributed by atoms with E-state index in [-0.39, 0.29) is 11.4 Å². The Morgan fingerprint density at radius 2 is 2.17 bits per heavy atom. The Labute approximate surface area is 107 Å². The molecule has 0 unspecified atom stereocenters. The van der Waals surface area contributed by atoms with Crippen LogP contribution in [0.4, 0.5) is 0 Å². The van der Waals surface area contributed by atoms with Gasteiger partial charge in [0.25, 0.3) is 0 Å². The zero-order valence-electron chi connectivity index (χ0n) is 10.7. The Hall–Kier alpha value is -1.58. The molecule has 0 bridgehead atoms. The highest BCUT2D eigenvalue weighted by atomic mass is 16.5. The number of aryl methyl sites for hydroxylation is 1. The highest BCUT2D eigenvalue weighted by Crippen LogP contribution is 2.25. The highest BCUT2D eigenvalue weighted by molar-refractivity contribution is 5.91. The van der Waals surface area contributed by atoms with Crippen LogP contribution in [0.15, 0.2) is 12.3 Å². The Morgan fingerprint density at radius 1 is 1.44 bits per heavy atom. The molecule has 18 heavy (non-hydrogen) atoms. The lowest BCUT2D eigenvalue weighted by molar-refractivity contribution is 0.0688. The maximum absolute atomic E-state index is 11.2. The van der Waals surface area contributed by atoms with Gasteiger partial charge in [-0.1, -0.05) is 19.3 Å². The second-order valence-electron chi connectivity index (χ2n) is 4.93. The first-order valence-electron chi connectivity index (χ1n) is 6.50.